The molecule has 0 aliphatic heterocycles. The van der Waals surface area contributed by atoms with Crippen molar-refractivity contribution < 1.29 is 18.7 Å². The molecule has 1 fully saturated rings. The Balaban J connectivity index is 1.55. The summed E-state index contributed by atoms with van der Waals surface area (Å²) in [6.07, 6.45) is 2.35. The van der Waals surface area contributed by atoms with Crippen molar-refractivity contribution in [1.82, 2.24) is 4.98 Å². The van der Waals surface area contributed by atoms with Crippen LogP contribution in [0.25, 0.3) is 0 Å². The van der Waals surface area contributed by atoms with Gasteiger partial charge in [-0.15, -0.1) is 0 Å². The summed E-state index contributed by atoms with van der Waals surface area (Å²) in [6.45, 7) is 12.1. The summed E-state index contributed by atoms with van der Waals surface area (Å²) in [7, 11) is -1.99. The van der Waals surface area contributed by atoms with Crippen LogP contribution in [0.3, 0.4) is 0 Å². The van der Waals surface area contributed by atoms with Crippen LogP contribution in [0.2, 0.25) is 18.1 Å². The molecule has 30 heavy (non-hydrogen) atoms. The van der Waals surface area contributed by atoms with E-state index in [1.165, 1.54) is 6.20 Å². The summed E-state index contributed by atoms with van der Waals surface area (Å²) in [6, 6.07) is 11.7. The van der Waals surface area contributed by atoms with Gasteiger partial charge in [-0.05, 0) is 48.5 Å². The molecule has 0 saturated heterocycles. The van der Waals surface area contributed by atoms with Crippen molar-refractivity contribution in [2.45, 2.75) is 70.6 Å². The number of pyridine rings is 1. The highest BCUT2D eigenvalue weighted by atomic mass is 28.4. The molecule has 0 amide bonds. The lowest BCUT2D eigenvalue weighted by molar-refractivity contribution is -0.107. The third-order valence-electron chi connectivity index (χ3n) is 6.52. The standard InChI is InChI=1S/C24H34FNO3Si/c1-23(2,3)30(4,5)29-17-20-11-22(26-14-21(20)25)24(27)12-19(13-24)16-28-15-18-9-7-6-8-10-18/h6-11,14,19,27H,12-13,15-17H2,1-5H3. The summed E-state index contributed by atoms with van der Waals surface area (Å²) in [5.74, 6) is -0.111. The lowest BCUT2D eigenvalue weighted by atomic mass is 9.69. The Hall–Kier alpha value is -1.60. The van der Waals surface area contributed by atoms with Crippen LogP contribution in [-0.2, 0) is 28.0 Å². The quantitative estimate of drug-likeness (QED) is 0.556. The summed E-state index contributed by atoms with van der Waals surface area (Å²) in [5, 5.41) is 11.0. The number of ether oxygens (including phenoxy) is 1. The van der Waals surface area contributed by atoms with Crippen LogP contribution in [-0.4, -0.2) is 25.0 Å². The zero-order valence-electron chi connectivity index (χ0n) is 18.7. The average molecular weight is 432 g/mol. The van der Waals surface area contributed by atoms with Crippen LogP contribution in [0, 0.1) is 11.7 Å². The first-order chi connectivity index (χ1) is 14.0. The SMILES string of the molecule is CC(C)(C)[Si](C)(C)OCc1cc(C2(O)CC(COCc3ccccc3)C2)ncc1F. The van der Waals surface area contributed by atoms with E-state index in [1.807, 2.05) is 30.3 Å². The molecule has 0 atom stereocenters. The lowest BCUT2D eigenvalue weighted by Crippen LogP contribution is -2.44. The minimum Gasteiger partial charge on any atom is -0.412 e. The molecule has 1 aliphatic carbocycles. The summed E-state index contributed by atoms with van der Waals surface area (Å²) in [5.41, 5.74) is 1.11. The van der Waals surface area contributed by atoms with Gasteiger partial charge in [-0.3, -0.25) is 4.98 Å². The molecule has 2 aromatic rings. The second-order valence-electron chi connectivity index (χ2n) is 10.0. The minimum absolute atomic E-state index is 0.0540. The van der Waals surface area contributed by atoms with Crippen molar-refractivity contribution in [3.63, 3.8) is 0 Å². The topological polar surface area (TPSA) is 51.6 Å². The number of benzene rings is 1. The number of nitrogens with zero attached hydrogens (tertiary/aromatic N) is 1. The van der Waals surface area contributed by atoms with E-state index in [2.05, 4.69) is 38.8 Å². The predicted molar refractivity (Wildman–Crippen MR) is 119 cm³/mol. The van der Waals surface area contributed by atoms with Crippen molar-refractivity contribution in [2.75, 3.05) is 6.61 Å². The van der Waals surface area contributed by atoms with Gasteiger partial charge in [0.1, 0.15) is 11.4 Å². The number of rotatable bonds is 8. The van der Waals surface area contributed by atoms with Gasteiger partial charge in [0.2, 0.25) is 0 Å². The van der Waals surface area contributed by atoms with Gasteiger partial charge >= 0.3 is 0 Å². The molecule has 3 rings (SSSR count). The van der Waals surface area contributed by atoms with Gasteiger partial charge < -0.3 is 14.3 Å². The van der Waals surface area contributed by atoms with Crippen LogP contribution in [0.15, 0.2) is 42.6 Å². The number of aromatic nitrogens is 1. The third-order valence-corrected chi connectivity index (χ3v) is 11.0. The Morgan fingerprint density at radius 1 is 1.17 bits per heavy atom. The molecule has 1 saturated carbocycles. The molecule has 1 aromatic heterocycles. The molecule has 0 radical (unpaired) electrons. The van der Waals surface area contributed by atoms with E-state index in [0.29, 0.717) is 37.3 Å². The van der Waals surface area contributed by atoms with Crippen LogP contribution in [0.5, 0.6) is 0 Å². The van der Waals surface area contributed by atoms with Crippen molar-refractivity contribution in [1.29, 1.82) is 0 Å². The Labute approximate surface area is 180 Å². The molecule has 164 valence electrons. The molecule has 1 aliphatic rings. The minimum atomic E-state index is -1.99. The number of hydrogen-bond donors (Lipinski definition) is 1. The number of hydrogen-bond acceptors (Lipinski definition) is 4. The van der Waals surface area contributed by atoms with Gasteiger partial charge in [0.15, 0.2) is 8.32 Å². The Morgan fingerprint density at radius 2 is 1.83 bits per heavy atom. The van der Waals surface area contributed by atoms with Gasteiger partial charge in [-0.25, -0.2) is 4.39 Å². The first-order valence-electron chi connectivity index (χ1n) is 10.6. The lowest BCUT2D eigenvalue weighted by Gasteiger charge is -2.43. The molecule has 1 N–H and O–H groups in total. The monoisotopic (exact) mass is 431 g/mol. The maximum absolute atomic E-state index is 14.3. The van der Waals surface area contributed by atoms with Gasteiger partial charge in [-0.1, -0.05) is 51.1 Å². The largest absolute Gasteiger partial charge is 0.412 e. The van der Waals surface area contributed by atoms with Gasteiger partial charge in [-0.2, -0.15) is 0 Å². The van der Waals surface area contributed by atoms with E-state index < -0.39 is 13.9 Å². The van der Waals surface area contributed by atoms with Crippen LogP contribution < -0.4 is 0 Å². The maximum Gasteiger partial charge on any atom is 0.192 e. The molecular weight excluding hydrogens is 397 g/mol. The fourth-order valence-electron chi connectivity index (χ4n) is 3.46. The van der Waals surface area contributed by atoms with Crippen LogP contribution in [0.4, 0.5) is 4.39 Å². The molecule has 6 heteroatoms. The highest BCUT2D eigenvalue weighted by Crippen LogP contribution is 2.45. The van der Waals surface area contributed by atoms with Crippen molar-refractivity contribution in [2.24, 2.45) is 5.92 Å². The van der Waals surface area contributed by atoms with E-state index in [-0.39, 0.29) is 23.4 Å². The number of halogens is 1. The zero-order valence-corrected chi connectivity index (χ0v) is 19.7. The van der Waals surface area contributed by atoms with E-state index in [0.717, 1.165) is 5.56 Å². The Kier molecular flexibility index (Phi) is 6.82. The summed E-state index contributed by atoms with van der Waals surface area (Å²) >= 11 is 0. The van der Waals surface area contributed by atoms with E-state index in [9.17, 15) is 9.50 Å². The molecule has 1 heterocycles. The maximum atomic E-state index is 14.3. The number of aliphatic hydroxyl groups is 1. The third kappa shape index (κ3) is 5.35. The first-order valence-corrected chi connectivity index (χ1v) is 13.5. The predicted octanol–water partition coefficient (Wildman–Crippen LogP) is 5.56. The van der Waals surface area contributed by atoms with Crippen molar-refractivity contribution >= 4 is 8.32 Å². The van der Waals surface area contributed by atoms with E-state index in [4.69, 9.17) is 9.16 Å². The van der Waals surface area contributed by atoms with Crippen molar-refractivity contribution in [3.05, 3.63) is 65.2 Å². The van der Waals surface area contributed by atoms with Gasteiger partial charge in [0.25, 0.3) is 0 Å². The zero-order chi connectivity index (χ0) is 22.0. The molecular formula is C24H34FNO3Si. The Morgan fingerprint density at radius 3 is 2.47 bits per heavy atom. The summed E-state index contributed by atoms with van der Waals surface area (Å²) in [4.78, 5) is 4.18. The molecule has 1 aromatic carbocycles. The fraction of sp³-hybridized carbons (Fsp3) is 0.542. The van der Waals surface area contributed by atoms with E-state index >= 15 is 0 Å². The molecule has 0 unspecified atom stereocenters. The van der Waals surface area contributed by atoms with Crippen molar-refractivity contribution in [3.8, 4) is 0 Å². The average Bonchev–Trinajstić information content (AvgIpc) is 2.65. The second-order valence-corrected chi connectivity index (χ2v) is 14.8. The van der Waals surface area contributed by atoms with Crippen LogP contribution >= 0.6 is 0 Å². The normalized spacial score (nSPS) is 22.0. The van der Waals surface area contributed by atoms with E-state index in [1.54, 1.807) is 6.07 Å². The molecule has 4 nitrogen and oxygen atoms in total. The van der Waals surface area contributed by atoms with Gasteiger partial charge in [0.05, 0.1) is 31.7 Å². The Bertz CT molecular complexity index is 845. The highest BCUT2D eigenvalue weighted by Gasteiger charge is 2.45. The fourth-order valence-corrected chi connectivity index (χ4v) is 4.41. The molecule has 0 bridgehead atoms. The summed E-state index contributed by atoms with van der Waals surface area (Å²) < 4.78 is 26.3. The van der Waals surface area contributed by atoms with Crippen LogP contribution in [0.1, 0.15) is 50.4 Å². The smallest absolute Gasteiger partial charge is 0.192 e. The molecule has 0 spiro atoms. The second kappa shape index (κ2) is 8.87. The van der Waals surface area contributed by atoms with Gasteiger partial charge in [0, 0.05) is 5.56 Å². The highest BCUT2D eigenvalue weighted by molar-refractivity contribution is 6.74. The first kappa shape index (κ1) is 23.1.